The third kappa shape index (κ3) is 6.62. The Morgan fingerprint density at radius 2 is 1.23 bits per heavy atom. The van der Waals surface area contributed by atoms with Crippen molar-refractivity contribution >= 4 is 0 Å². The van der Waals surface area contributed by atoms with Gasteiger partial charge in [-0.2, -0.15) is 52.7 Å². The topological polar surface area (TPSA) is 18.5 Å². The molecular formula is C8H4F12O2. The minimum Gasteiger partial charge on any atom is -0.460 e. The van der Waals surface area contributed by atoms with Crippen LogP contribution in [0.3, 0.4) is 0 Å². The van der Waals surface area contributed by atoms with Crippen LogP contribution in [0.25, 0.3) is 0 Å². The van der Waals surface area contributed by atoms with Crippen molar-refractivity contribution in [2.75, 3.05) is 6.61 Å². The summed E-state index contributed by atoms with van der Waals surface area (Å²) in [5, 5.41) is 0. The lowest BCUT2D eigenvalue weighted by atomic mass is 10.3. The molecule has 0 aliphatic carbocycles. The number of hydrogen-bond donors (Lipinski definition) is 0. The molecule has 0 spiro atoms. The van der Waals surface area contributed by atoms with E-state index in [0.29, 0.717) is 0 Å². The first kappa shape index (κ1) is 20.7. The molecule has 0 aromatic carbocycles. The minimum atomic E-state index is -6.44. The van der Waals surface area contributed by atoms with Crippen molar-refractivity contribution in [3.05, 3.63) is 12.1 Å². The molecule has 0 N–H and O–H groups in total. The van der Waals surface area contributed by atoms with Crippen molar-refractivity contribution < 1.29 is 62.2 Å². The Labute approximate surface area is 113 Å². The van der Waals surface area contributed by atoms with Crippen molar-refractivity contribution in [2.45, 2.75) is 30.7 Å². The highest BCUT2D eigenvalue weighted by Gasteiger charge is 2.64. The average molecular weight is 360 g/mol. The highest BCUT2D eigenvalue weighted by Crippen LogP contribution is 2.43. The third-order valence-electron chi connectivity index (χ3n) is 1.67. The van der Waals surface area contributed by atoms with Crippen LogP contribution in [0.2, 0.25) is 0 Å². The summed E-state index contributed by atoms with van der Waals surface area (Å²) in [7, 11) is 0. The van der Waals surface area contributed by atoms with Crippen LogP contribution in [0.4, 0.5) is 52.7 Å². The van der Waals surface area contributed by atoms with E-state index < -0.39 is 49.4 Å². The molecule has 0 rings (SSSR count). The van der Waals surface area contributed by atoms with E-state index in [0.717, 1.165) is 0 Å². The molecule has 0 aromatic heterocycles. The maximum absolute atomic E-state index is 13.2. The van der Waals surface area contributed by atoms with Crippen molar-refractivity contribution in [3.8, 4) is 0 Å². The van der Waals surface area contributed by atoms with E-state index >= 15 is 0 Å². The fraction of sp³-hybridized carbons (Fsp3) is 0.750. The predicted molar refractivity (Wildman–Crippen MR) is 42.9 cm³/mol. The second-order valence-corrected chi connectivity index (χ2v) is 3.58. The van der Waals surface area contributed by atoms with Crippen molar-refractivity contribution in [1.82, 2.24) is 0 Å². The second-order valence-electron chi connectivity index (χ2n) is 3.58. The molecule has 0 saturated heterocycles. The van der Waals surface area contributed by atoms with Crippen LogP contribution >= 0.6 is 0 Å². The van der Waals surface area contributed by atoms with Crippen LogP contribution in [0.5, 0.6) is 0 Å². The Morgan fingerprint density at radius 3 is 1.55 bits per heavy atom. The van der Waals surface area contributed by atoms with Gasteiger partial charge in [-0.1, -0.05) is 0 Å². The molecule has 0 bridgehead atoms. The molecule has 1 atom stereocenters. The van der Waals surface area contributed by atoms with Gasteiger partial charge in [-0.05, 0) is 0 Å². The van der Waals surface area contributed by atoms with Crippen LogP contribution in [0, 0.1) is 0 Å². The number of alkyl halides is 9. The molecule has 0 amide bonds. The molecule has 132 valence electrons. The van der Waals surface area contributed by atoms with E-state index in [4.69, 9.17) is 0 Å². The van der Waals surface area contributed by atoms with E-state index in [2.05, 4.69) is 9.47 Å². The van der Waals surface area contributed by atoms with Crippen molar-refractivity contribution in [3.63, 3.8) is 0 Å². The van der Waals surface area contributed by atoms with Gasteiger partial charge in [0.15, 0.2) is 6.61 Å². The summed E-state index contributed by atoms with van der Waals surface area (Å²) in [5.74, 6) is -5.67. The molecule has 14 heteroatoms. The Hall–Kier alpha value is -1.34. The summed E-state index contributed by atoms with van der Waals surface area (Å²) in [4.78, 5) is 0. The van der Waals surface area contributed by atoms with Crippen molar-refractivity contribution in [1.29, 1.82) is 0 Å². The minimum absolute atomic E-state index is 2.39. The zero-order valence-corrected chi connectivity index (χ0v) is 9.77. The van der Waals surface area contributed by atoms with Crippen molar-refractivity contribution in [2.24, 2.45) is 0 Å². The summed E-state index contributed by atoms with van der Waals surface area (Å²) < 4.78 is 151. The van der Waals surface area contributed by atoms with Gasteiger partial charge in [0.1, 0.15) is 6.42 Å². The van der Waals surface area contributed by atoms with Gasteiger partial charge in [0, 0.05) is 0 Å². The summed E-state index contributed by atoms with van der Waals surface area (Å²) >= 11 is 0. The van der Waals surface area contributed by atoms with Gasteiger partial charge in [0.25, 0.3) is 0 Å². The van der Waals surface area contributed by atoms with Gasteiger partial charge in [0.2, 0.25) is 0 Å². The zero-order valence-electron chi connectivity index (χ0n) is 9.77. The largest absolute Gasteiger partial charge is 0.460 e. The Balaban J connectivity index is 5.26. The van der Waals surface area contributed by atoms with Gasteiger partial charge >= 0.3 is 36.4 Å². The number of hydrogen-bond acceptors (Lipinski definition) is 2. The maximum atomic E-state index is 13.2. The highest BCUT2D eigenvalue weighted by molar-refractivity contribution is 4.85. The predicted octanol–water partition coefficient (Wildman–Crippen LogP) is 4.83. The Morgan fingerprint density at radius 1 is 0.773 bits per heavy atom. The van der Waals surface area contributed by atoms with E-state index in [-0.39, 0.29) is 0 Å². The van der Waals surface area contributed by atoms with E-state index in [9.17, 15) is 52.7 Å². The zero-order chi connectivity index (χ0) is 18.0. The molecule has 22 heavy (non-hydrogen) atoms. The van der Waals surface area contributed by atoms with Crippen LogP contribution in [-0.2, 0) is 9.47 Å². The first-order chi connectivity index (χ1) is 9.49. The number of halogens is 12. The van der Waals surface area contributed by atoms with Gasteiger partial charge in [0.05, 0.1) is 0 Å². The quantitative estimate of drug-likeness (QED) is 0.499. The fourth-order valence-corrected chi connectivity index (χ4v) is 0.886. The molecule has 2 nitrogen and oxygen atoms in total. The van der Waals surface area contributed by atoms with Gasteiger partial charge < -0.3 is 4.74 Å². The molecule has 0 radical (unpaired) electrons. The molecule has 1 unspecified atom stereocenters. The molecule has 0 aliphatic heterocycles. The number of ether oxygens (including phenoxy) is 2. The van der Waals surface area contributed by atoms with E-state index in [1.807, 2.05) is 0 Å². The maximum Gasteiger partial charge on any atom is 0.452 e. The normalized spacial score (nSPS) is 16.2. The molecule has 0 aromatic rings. The second kappa shape index (κ2) is 6.42. The first-order valence-corrected chi connectivity index (χ1v) is 4.73. The monoisotopic (exact) mass is 360 g/mol. The fourth-order valence-electron chi connectivity index (χ4n) is 0.886. The average Bonchev–Trinajstić information content (AvgIpc) is 2.19. The SMILES string of the molecule is FC(F)=C(F)OCC(F)(OC(F)(F)CC(F)(F)F)C(F)(F)F. The van der Waals surface area contributed by atoms with Crippen LogP contribution < -0.4 is 0 Å². The molecule has 0 saturated carbocycles. The first-order valence-electron chi connectivity index (χ1n) is 4.73. The summed E-state index contributed by atoms with van der Waals surface area (Å²) in [6.07, 6.45) is -24.6. The molecular weight excluding hydrogens is 356 g/mol. The molecule has 0 heterocycles. The van der Waals surface area contributed by atoms with Gasteiger partial charge in [-0.3, -0.25) is 4.74 Å². The van der Waals surface area contributed by atoms with Gasteiger partial charge in [-0.25, -0.2) is 0 Å². The van der Waals surface area contributed by atoms with Crippen LogP contribution in [-0.4, -0.2) is 30.9 Å². The Kier molecular flexibility index (Phi) is 6.03. The lowest BCUT2D eigenvalue weighted by Crippen LogP contribution is -2.52. The highest BCUT2D eigenvalue weighted by atomic mass is 19.4. The van der Waals surface area contributed by atoms with Gasteiger partial charge in [-0.15, -0.1) is 0 Å². The van der Waals surface area contributed by atoms with Crippen LogP contribution in [0.15, 0.2) is 12.1 Å². The van der Waals surface area contributed by atoms with Crippen LogP contribution in [0.1, 0.15) is 6.42 Å². The van der Waals surface area contributed by atoms with E-state index in [1.54, 1.807) is 0 Å². The Bertz CT molecular complexity index is 406. The lowest BCUT2D eigenvalue weighted by Gasteiger charge is -2.31. The molecule has 0 fully saturated rings. The summed E-state index contributed by atoms with van der Waals surface area (Å²) in [6, 6.07) is -3.05. The third-order valence-corrected chi connectivity index (χ3v) is 1.67. The number of rotatable bonds is 6. The smallest absolute Gasteiger partial charge is 0.452 e. The summed E-state index contributed by atoms with van der Waals surface area (Å²) in [5.41, 5.74) is 0. The lowest BCUT2D eigenvalue weighted by molar-refractivity contribution is -0.429. The molecule has 0 aliphatic rings. The summed E-state index contributed by atoms with van der Waals surface area (Å²) in [6.45, 7) is -2.92. The van der Waals surface area contributed by atoms with E-state index in [1.165, 1.54) is 0 Å². The standard InChI is InChI=1S/C8H4F12O2/c9-3(10)4(11)21-2-5(12,8(18,19)20)22-7(16,17)1-6(13,14)15/h1-2H2.